The zero-order chi connectivity index (χ0) is 19.4. The van der Waals surface area contributed by atoms with Crippen molar-refractivity contribution in [3.05, 3.63) is 24.3 Å². The minimum Gasteiger partial charge on any atom is -0.378 e. The number of urea groups is 1. The summed E-state index contributed by atoms with van der Waals surface area (Å²) < 4.78 is 0. The molecule has 0 unspecified atom stereocenters. The van der Waals surface area contributed by atoms with E-state index in [0.29, 0.717) is 12.0 Å². The van der Waals surface area contributed by atoms with Gasteiger partial charge in [0, 0.05) is 70.8 Å². The Morgan fingerprint density at radius 1 is 1.11 bits per heavy atom. The molecule has 1 aromatic rings. The molecule has 0 bridgehead atoms. The second kappa shape index (κ2) is 8.93. The Kier molecular flexibility index (Phi) is 6.60. The van der Waals surface area contributed by atoms with Crippen molar-refractivity contribution in [2.45, 2.75) is 25.8 Å². The van der Waals surface area contributed by atoms with E-state index in [4.69, 9.17) is 0 Å². The smallest absolute Gasteiger partial charge is 0.321 e. The van der Waals surface area contributed by atoms with Gasteiger partial charge in [0.25, 0.3) is 0 Å². The van der Waals surface area contributed by atoms with Crippen LogP contribution in [0.5, 0.6) is 0 Å². The fourth-order valence-electron chi connectivity index (χ4n) is 4.18. The van der Waals surface area contributed by atoms with Crippen LogP contribution in [-0.4, -0.2) is 87.2 Å². The van der Waals surface area contributed by atoms with E-state index in [-0.39, 0.29) is 6.03 Å². The van der Waals surface area contributed by atoms with Crippen molar-refractivity contribution in [2.24, 2.45) is 5.92 Å². The molecule has 6 heteroatoms. The van der Waals surface area contributed by atoms with Crippen molar-refractivity contribution < 1.29 is 4.79 Å². The monoisotopic (exact) mass is 373 g/mol. The molecule has 27 heavy (non-hydrogen) atoms. The number of piperazine rings is 1. The number of benzene rings is 1. The lowest BCUT2D eigenvalue weighted by molar-refractivity contribution is 0.0676. The topological polar surface area (TPSA) is 42.1 Å². The van der Waals surface area contributed by atoms with Gasteiger partial charge in [0.15, 0.2) is 0 Å². The normalized spacial score (nSPS) is 21.1. The number of anilines is 2. The molecule has 0 radical (unpaired) electrons. The third kappa shape index (κ3) is 5.14. The zero-order valence-corrected chi connectivity index (χ0v) is 17.3. The third-order valence-corrected chi connectivity index (χ3v) is 6.24. The van der Waals surface area contributed by atoms with Crippen LogP contribution in [0.2, 0.25) is 0 Å². The third-order valence-electron chi connectivity index (χ3n) is 6.24. The number of rotatable bonds is 4. The summed E-state index contributed by atoms with van der Waals surface area (Å²) in [4.78, 5) is 21.7. The Labute approximate surface area is 164 Å². The minimum absolute atomic E-state index is 0.0246. The van der Waals surface area contributed by atoms with E-state index in [9.17, 15) is 4.79 Å². The molecular formula is C21H35N5O. The van der Waals surface area contributed by atoms with Crippen LogP contribution in [0.25, 0.3) is 0 Å². The maximum atomic E-state index is 12.6. The Morgan fingerprint density at radius 2 is 1.78 bits per heavy atom. The number of nitrogens with one attached hydrogen (secondary N) is 1. The molecule has 0 spiro atoms. The molecule has 1 atom stereocenters. The van der Waals surface area contributed by atoms with Gasteiger partial charge in [-0.3, -0.25) is 4.90 Å². The molecule has 2 fully saturated rings. The molecule has 2 aliphatic heterocycles. The van der Waals surface area contributed by atoms with Gasteiger partial charge >= 0.3 is 6.03 Å². The van der Waals surface area contributed by atoms with E-state index in [1.165, 1.54) is 13.1 Å². The standard InChI is InChI=1S/C21H35N5O/c1-17(25-14-12-24(4)13-15-25)18-8-10-26(11-9-18)21(27)22-19-6-5-7-20(16-19)23(2)3/h5-7,16-18H,8-15H2,1-4H3,(H,22,27)/t17-/m1/s1. The van der Waals surface area contributed by atoms with Crippen LogP contribution in [0.1, 0.15) is 19.8 Å². The lowest BCUT2D eigenvalue weighted by atomic mass is 9.89. The number of hydrogen-bond donors (Lipinski definition) is 1. The van der Waals surface area contributed by atoms with Crippen molar-refractivity contribution in [1.82, 2.24) is 14.7 Å². The van der Waals surface area contributed by atoms with Gasteiger partial charge in [-0.05, 0) is 50.9 Å². The lowest BCUT2D eigenvalue weighted by Gasteiger charge is -2.42. The number of carbonyl (C=O) groups is 1. The maximum Gasteiger partial charge on any atom is 0.321 e. The Balaban J connectivity index is 1.48. The number of piperidine rings is 1. The van der Waals surface area contributed by atoms with Gasteiger partial charge in [0.05, 0.1) is 0 Å². The van der Waals surface area contributed by atoms with Gasteiger partial charge in [0.1, 0.15) is 0 Å². The SMILES string of the molecule is C[C@H](C1CCN(C(=O)Nc2cccc(N(C)C)c2)CC1)N1CCN(C)CC1. The summed E-state index contributed by atoms with van der Waals surface area (Å²) >= 11 is 0. The molecule has 1 aromatic carbocycles. The highest BCUT2D eigenvalue weighted by Gasteiger charge is 2.30. The molecule has 0 aliphatic carbocycles. The molecule has 2 amide bonds. The van der Waals surface area contributed by atoms with Crippen LogP contribution in [-0.2, 0) is 0 Å². The summed E-state index contributed by atoms with van der Waals surface area (Å²) in [7, 11) is 6.22. The van der Waals surface area contributed by atoms with Crippen molar-refractivity contribution in [1.29, 1.82) is 0 Å². The first-order valence-corrected chi connectivity index (χ1v) is 10.2. The first kappa shape index (κ1) is 20.0. The minimum atomic E-state index is 0.0246. The van der Waals surface area contributed by atoms with E-state index in [1.807, 2.05) is 48.2 Å². The summed E-state index contributed by atoms with van der Waals surface area (Å²) in [6, 6.07) is 8.63. The van der Waals surface area contributed by atoms with Crippen LogP contribution in [0.15, 0.2) is 24.3 Å². The average molecular weight is 374 g/mol. The zero-order valence-electron chi connectivity index (χ0n) is 17.3. The van der Waals surface area contributed by atoms with E-state index >= 15 is 0 Å². The van der Waals surface area contributed by atoms with Gasteiger partial charge in [-0.25, -0.2) is 4.79 Å². The summed E-state index contributed by atoms with van der Waals surface area (Å²) in [5.74, 6) is 0.689. The highest BCUT2D eigenvalue weighted by atomic mass is 16.2. The molecule has 2 heterocycles. The van der Waals surface area contributed by atoms with Crippen LogP contribution < -0.4 is 10.2 Å². The van der Waals surface area contributed by atoms with Crippen LogP contribution >= 0.6 is 0 Å². The predicted molar refractivity (Wildman–Crippen MR) is 113 cm³/mol. The fourth-order valence-corrected chi connectivity index (χ4v) is 4.18. The van der Waals surface area contributed by atoms with Crippen molar-refractivity contribution in [2.75, 3.05) is 70.6 Å². The van der Waals surface area contributed by atoms with Gasteiger partial charge in [-0.1, -0.05) is 6.07 Å². The predicted octanol–water partition coefficient (Wildman–Crippen LogP) is 2.63. The van der Waals surface area contributed by atoms with Crippen LogP contribution in [0.3, 0.4) is 0 Å². The first-order valence-electron chi connectivity index (χ1n) is 10.2. The average Bonchev–Trinajstić information content (AvgIpc) is 2.68. The molecule has 150 valence electrons. The molecule has 2 aliphatic rings. The summed E-state index contributed by atoms with van der Waals surface area (Å²) in [5.41, 5.74) is 1.95. The number of likely N-dealkylation sites (tertiary alicyclic amines) is 1. The Bertz CT molecular complexity index is 619. The number of amides is 2. The summed E-state index contributed by atoms with van der Waals surface area (Å²) in [5, 5.41) is 3.06. The quantitative estimate of drug-likeness (QED) is 0.881. The van der Waals surface area contributed by atoms with Crippen LogP contribution in [0, 0.1) is 5.92 Å². The highest BCUT2D eigenvalue weighted by Crippen LogP contribution is 2.25. The van der Waals surface area contributed by atoms with Gasteiger partial charge in [-0.15, -0.1) is 0 Å². The number of hydrogen-bond acceptors (Lipinski definition) is 4. The fraction of sp³-hybridized carbons (Fsp3) is 0.667. The Morgan fingerprint density at radius 3 is 2.41 bits per heavy atom. The van der Waals surface area contributed by atoms with Crippen molar-refractivity contribution in [3.8, 4) is 0 Å². The van der Waals surface area contributed by atoms with Crippen molar-refractivity contribution >= 4 is 17.4 Å². The Hall–Kier alpha value is -1.79. The van der Waals surface area contributed by atoms with E-state index in [2.05, 4.69) is 29.1 Å². The number of carbonyl (C=O) groups excluding carboxylic acids is 1. The molecule has 2 saturated heterocycles. The van der Waals surface area contributed by atoms with Crippen molar-refractivity contribution in [3.63, 3.8) is 0 Å². The second-order valence-corrected chi connectivity index (χ2v) is 8.28. The largest absolute Gasteiger partial charge is 0.378 e. The molecule has 1 N–H and O–H groups in total. The molecule has 0 saturated carbocycles. The van der Waals surface area contributed by atoms with Gasteiger partial charge in [0.2, 0.25) is 0 Å². The van der Waals surface area contributed by atoms with E-state index < -0.39 is 0 Å². The molecule has 3 rings (SSSR count). The highest BCUT2D eigenvalue weighted by molar-refractivity contribution is 5.90. The number of likely N-dealkylation sites (N-methyl/N-ethyl adjacent to an activating group) is 1. The van der Waals surface area contributed by atoms with Gasteiger partial charge < -0.3 is 20.0 Å². The molecule has 6 nitrogen and oxygen atoms in total. The number of nitrogens with zero attached hydrogens (tertiary/aromatic N) is 4. The second-order valence-electron chi connectivity index (χ2n) is 8.28. The maximum absolute atomic E-state index is 12.6. The first-order chi connectivity index (χ1) is 12.9. The lowest BCUT2D eigenvalue weighted by Crippen LogP contribution is -2.52. The van der Waals surface area contributed by atoms with E-state index in [0.717, 1.165) is 50.4 Å². The van der Waals surface area contributed by atoms with Gasteiger partial charge in [-0.2, -0.15) is 0 Å². The summed E-state index contributed by atoms with van der Waals surface area (Å²) in [6.07, 6.45) is 2.19. The van der Waals surface area contributed by atoms with Crippen LogP contribution in [0.4, 0.5) is 16.2 Å². The molecular weight excluding hydrogens is 338 g/mol. The molecule has 0 aromatic heterocycles. The van der Waals surface area contributed by atoms with E-state index in [1.54, 1.807) is 0 Å². The summed E-state index contributed by atoms with van der Waals surface area (Å²) in [6.45, 7) is 8.73.